The number of unbranched alkanes of at least 4 members (excludes halogenated alkanes) is 16. The van der Waals surface area contributed by atoms with E-state index in [0.29, 0.717) is 31.4 Å². The zero-order chi connectivity index (χ0) is 87.7. The van der Waals surface area contributed by atoms with Crippen LogP contribution in [0.2, 0.25) is 0 Å². The lowest BCUT2D eigenvalue weighted by molar-refractivity contribution is -0.143. The number of halogens is 1. The highest BCUT2D eigenvalue weighted by atomic mass is 127. The molecule has 0 aliphatic rings. The Morgan fingerprint density at radius 2 is 0.559 bits per heavy atom. The van der Waals surface area contributed by atoms with Gasteiger partial charge in [-0.2, -0.15) is 12.6 Å². The monoisotopic (exact) mass is 1700 g/mol. The average molecular weight is 1700 g/mol. The first-order valence-electron chi connectivity index (χ1n) is 38.3. The Labute approximate surface area is 691 Å². The Hall–Kier alpha value is -8.06. The van der Waals surface area contributed by atoms with Crippen LogP contribution >= 0.6 is 35.2 Å². The zero-order valence-corrected chi connectivity index (χ0v) is 73.0. The summed E-state index contributed by atoms with van der Waals surface area (Å²) in [6, 6.07) is 0. The van der Waals surface area contributed by atoms with E-state index in [1.165, 1.54) is 70.3 Å². The Kier molecular flexibility index (Phi) is 164. The standard InChI is InChI=1S/2C12H23NO.C10H20N2OS.C10H20N2O.4C7H10O2.2C3H6O2.2C3H4O.CH3I/c2*1-3-5-6-7-8-9-11-13-12(14)10-4-2;11-7-3-1-2-4-8-12-10(13)6-5-9-14;1-2-7-10(13)12-9-6-4-3-5-8-11;4*1-3-5-7(8)9-6-4-2;2*1-2-3(4)5;2*1-2-3-4;1-2/h2*4,10H,3,5-9,11H2,1-2H3,(H,13,14);5-6,14H,1-4,7-9,11H2,(H,12,13);2,7H,3-6,8-9,11H2,1H3,(H,12,13);4*2H,3,5-6H2,1H3;2*2H2,1H3,(H,4,5);2*1,4H,3H2;1H3/b2*10-4+;6-5+;7-2+;;;;;;;;;. The molecule has 0 aliphatic carbocycles. The molecule has 0 rings (SSSR count). The number of hydrogen-bond donors (Lipinski definition) is 11. The lowest BCUT2D eigenvalue weighted by Gasteiger charge is -2.01. The predicted molar refractivity (Wildman–Crippen MR) is 468 cm³/mol. The maximum Gasteiger partial charge on any atom is 0.306 e. The number of rotatable bonds is 45. The average Bonchev–Trinajstić information content (AvgIpc) is 1.45. The molecule has 4 amide bonds. The first-order chi connectivity index (χ1) is 53.3. The first kappa shape index (κ1) is 132. The molecule has 111 heavy (non-hydrogen) atoms. The van der Waals surface area contributed by atoms with Crippen LogP contribution in [0.1, 0.15) is 269 Å². The molecule has 0 saturated carbocycles. The minimum absolute atomic E-state index is 0.00123. The van der Waals surface area contributed by atoms with Crippen LogP contribution in [-0.4, -0.2) is 169 Å². The first-order valence-corrected chi connectivity index (χ1v) is 41.1. The second kappa shape index (κ2) is 137. The Bertz CT molecular complexity index is 2280. The number of terminal acetylenes is 6. The fraction of sp³-hybridized carbons (Fsp3) is 0.647. The van der Waals surface area contributed by atoms with Gasteiger partial charge in [-0.1, -0.05) is 228 Å². The van der Waals surface area contributed by atoms with Crippen molar-refractivity contribution in [2.24, 2.45) is 11.5 Å². The van der Waals surface area contributed by atoms with Gasteiger partial charge in [0.15, 0.2) is 26.4 Å². The molecule has 0 bridgehead atoms. The molecule has 0 atom stereocenters. The number of amides is 4. The van der Waals surface area contributed by atoms with Crippen molar-refractivity contribution in [3.8, 4) is 74.1 Å². The molecule has 0 aromatic rings. The maximum absolute atomic E-state index is 11.0. The number of aliphatic hydroxyl groups excluding tert-OH is 2. The lowest BCUT2D eigenvalue weighted by atomic mass is 10.1. The molecule has 0 spiro atoms. The van der Waals surface area contributed by atoms with E-state index >= 15 is 0 Å². The van der Waals surface area contributed by atoms with Gasteiger partial charge in [-0.15, -0.1) is 38.5 Å². The SMILES string of the molecule is C#CCO.C#CCO.C#CCOC(=O)CCC.C#CCOC(=O)CCC.C#CCOC(=O)CCC.C#CCOC(=O)CCC.C/C=C/C(=O)NCCCCCCCC.C/C=C/C(=O)NCCCCCCCC.C/C=C/C(=O)NCCCCCCN.CCC(=O)O.CCC(=O)O.CI.NCCCCCCNC(=O)/C=C/CS. The summed E-state index contributed by atoms with van der Waals surface area (Å²) >= 11 is 6.11. The van der Waals surface area contributed by atoms with Gasteiger partial charge in [-0.3, -0.25) is 47.9 Å². The van der Waals surface area contributed by atoms with Gasteiger partial charge in [0.05, 0.1) is 0 Å². The largest absolute Gasteiger partial charge is 0.481 e. The normalized spacial score (nSPS) is 8.97. The molecular formula is C85H149IN6O18S. The molecule has 0 unspecified atom stereocenters. The number of hydrogen-bond acceptors (Lipinski definition) is 19. The fourth-order valence-corrected chi connectivity index (χ4v) is 6.45. The summed E-state index contributed by atoms with van der Waals surface area (Å²) in [5, 5.41) is 42.0. The topological polar surface area (TPSA) is 389 Å². The van der Waals surface area contributed by atoms with E-state index in [1.807, 2.05) is 65.2 Å². The van der Waals surface area contributed by atoms with E-state index in [1.54, 1.807) is 56.4 Å². The second-order valence-electron chi connectivity index (χ2n) is 21.9. The number of nitrogens with one attached hydrogen (secondary N) is 4. The van der Waals surface area contributed by atoms with Crippen LogP contribution in [-0.2, 0) is 66.9 Å². The van der Waals surface area contributed by atoms with Crippen molar-refractivity contribution in [2.45, 2.75) is 269 Å². The van der Waals surface area contributed by atoms with Gasteiger partial charge in [0.2, 0.25) is 23.6 Å². The van der Waals surface area contributed by atoms with Crippen LogP contribution in [0.5, 0.6) is 0 Å². The van der Waals surface area contributed by atoms with Gasteiger partial charge in [0.25, 0.3) is 0 Å². The third-order valence-electron chi connectivity index (χ3n) is 11.7. The van der Waals surface area contributed by atoms with Crippen LogP contribution < -0.4 is 32.7 Å². The molecule has 26 heteroatoms. The van der Waals surface area contributed by atoms with Crippen LogP contribution in [0.3, 0.4) is 0 Å². The maximum atomic E-state index is 11.0. The number of alkyl halides is 1. The number of allylic oxidation sites excluding steroid dienone is 3. The van der Waals surface area contributed by atoms with E-state index in [-0.39, 0.29) is 100.0 Å². The summed E-state index contributed by atoms with van der Waals surface area (Å²) < 4.78 is 18.2. The second-order valence-corrected chi connectivity index (χ2v) is 22.2. The molecule has 0 aliphatic heterocycles. The number of carbonyl (C=O) groups is 10. The molecule has 24 nitrogen and oxygen atoms in total. The zero-order valence-electron chi connectivity index (χ0n) is 70.0. The summed E-state index contributed by atoms with van der Waals surface area (Å²) in [6.07, 6.45) is 71.2. The van der Waals surface area contributed by atoms with Crippen molar-refractivity contribution in [3.63, 3.8) is 0 Å². The Balaban J connectivity index is -0.0000000872. The van der Waals surface area contributed by atoms with Crippen molar-refractivity contribution in [3.05, 3.63) is 48.6 Å². The summed E-state index contributed by atoms with van der Waals surface area (Å²) in [6.45, 7) is 25.6. The fourth-order valence-electron chi connectivity index (χ4n) is 6.35. The number of aliphatic carboxylic acids is 2. The van der Waals surface area contributed by atoms with E-state index in [2.05, 4.69) is 126 Å². The van der Waals surface area contributed by atoms with Crippen LogP contribution in [0, 0.1) is 74.1 Å². The highest BCUT2D eigenvalue weighted by Gasteiger charge is 2.01. The molecule has 0 aromatic heterocycles. The molecule has 0 heterocycles. The molecular weight excluding hydrogens is 1550 g/mol. The van der Waals surface area contributed by atoms with Crippen molar-refractivity contribution in [1.82, 2.24) is 21.3 Å². The van der Waals surface area contributed by atoms with Crippen molar-refractivity contribution < 1.29 is 87.3 Å². The Morgan fingerprint density at radius 1 is 0.360 bits per heavy atom. The lowest BCUT2D eigenvalue weighted by Crippen LogP contribution is -2.22. The smallest absolute Gasteiger partial charge is 0.306 e. The highest BCUT2D eigenvalue weighted by molar-refractivity contribution is 14.1. The highest BCUT2D eigenvalue weighted by Crippen LogP contribution is 2.05. The number of aliphatic hydroxyl groups is 2. The minimum atomic E-state index is -0.745. The van der Waals surface area contributed by atoms with E-state index in [9.17, 15) is 47.9 Å². The van der Waals surface area contributed by atoms with Crippen LogP contribution in [0.25, 0.3) is 0 Å². The van der Waals surface area contributed by atoms with Crippen molar-refractivity contribution >= 4 is 94.7 Å². The van der Waals surface area contributed by atoms with Gasteiger partial charge >= 0.3 is 35.8 Å². The van der Waals surface area contributed by atoms with Crippen molar-refractivity contribution in [1.29, 1.82) is 0 Å². The third kappa shape index (κ3) is 191. The predicted octanol–water partition coefficient (Wildman–Crippen LogP) is 13.5. The molecule has 0 aromatic carbocycles. The molecule has 0 fully saturated rings. The third-order valence-corrected chi connectivity index (χ3v) is 11.9. The molecule has 640 valence electrons. The number of nitrogens with two attached hydrogens (primary N) is 2. The number of carboxylic acid groups (broad SMARTS) is 2. The van der Waals surface area contributed by atoms with E-state index in [4.69, 9.17) is 57.6 Å². The number of esters is 4. The van der Waals surface area contributed by atoms with Crippen LogP contribution in [0.4, 0.5) is 0 Å². The number of ether oxygens (including phenoxy) is 4. The van der Waals surface area contributed by atoms with Gasteiger partial charge < -0.3 is 72.1 Å². The van der Waals surface area contributed by atoms with Gasteiger partial charge in [-0.25, -0.2) is 0 Å². The number of carboxylic acids is 2. The van der Waals surface area contributed by atoms with Crippen LogP contribution in [0.15, 0.2) is 48.6 Å². The van der Waals surface area contributed by atoms with Crippen molar-refractivity contribution in [2.75, 3.05) is 89.6 Å². The molecule has 12 N–H and O–H groups in total. The van der Waals surface area contributed by atoms with Gasteiger partial charge in [0, 0.05) is 70.5 Å². The van der Waals surface area contributed by atoms with E-state index in [0.717, 1.165) is 129 Å². The van der Waals surface area contributed by atoms with E-state index < -0.39 is 11.9 Å². The summed E-state index contributed by atoms with van der Waals surface area (Å²) in [7, 11) is 0. The minimum Gasteiger partial charge on any atom is -0.481 e. The quantitative estimate of drug-likeness (QED) is 0.00394. The Morgan fingerprint density at radius 3 is 0.721 bits per heavy atom. The molecule has 0 saturated heterocycles. The van der Waals surface area contributed by atoms with Gasteiger partial charge in [-0.05, 0) is 127 Å². The van der Waals surface area contributed by atoms with Gasteiger partial charge in [0.1, 0.15) is 13.2 Å². The number of carbonyl (C=O) groups excluding carboxylic acids is 8. The summed E-state index contributed by atoms with van der Waals surface area (Å²) in [5.41, 5.74) is 10.7. The molecule has 0 radical (unpaired) electrons. The number of thiol groups is 1. The summed E-state index contributed by atoms with van der Waals surface area (Å²) in [5.74, 6) is 11.1. The summed E-state index contributed by atoms with van der Waals surface area (Å²) in [4.78, 5) is 107.